The first kappa shape index (κ1) is 22.5. The van der Waals surface area contributed by atoms with Crippen LogP contribution in [0.1, 0.15) is 34.8 Å². The van der Waals surface area contributed by atoms with E-state index in [4.69, 9.17) is 0 Å². The number of aromatic nitrogens is 3. The third-order valence-electron chi connectivity index (χ3n) is 6.25. The summed E-state index contributed by atoms with van der Waals surface area (Å²) in [4.78, 5) is 21.5. The van der Waals surface area contributed by atoms with Gasteiger partial charge in [-0.05, 0) is 11.1 Å². The highest BCUT2D eigenvalue weighted by Gasteiger charge is 2.32. The molecule has 5 rings (SSSR count). The number of nitro benzene ring substituents is 1. The van der Waals surface area contributed by atoms with E-state index >= 15 is 0 Å². The summed E-state index contributed by atoms with van der Waals surface area (Å²) in [7, 11) is 0. The van der Waals surface area contributed by atoms with Crippen LogP contribution in [0.2, 0.25) is 0 Å². The van der Waals surface area contributed by atoms with Gasteiger partial charge in [-0.25, -0.2) is 4.98 Å². The molecule has 1 unspecified atom stereocenters. The molecule has 2 aromatic heterocycles. The van der Waals surface area contributed by atoms with Gasteiger partial charge >= 0.3 is 0 Å². The van der Waals surface area contributed by atoms with Crippen molar-refractivity contribution < 1.29 is 10.0 Å². The number of piperazine rings is 1. The van der Waals surface area contributed by atoms with Gasteiger partial charge in [0.2, 0.25) is 10.8 Å². The van der Waals surface area contributed by atoms with Crippen molar-refractivity contribution in [3.8, 4) is 5.88 Å². The number of thiazole rings is 1. The average Bonchev–Trinajstić information content (AvgIpc) is 3.40. The molecular formula is C24H26N6O3S. The van der Waals surface area contributed by atoms with Gasteiger partial charge in [-0.3, -0.25) is 19.9 Å². The molecule has 2 aromatic carbocycles. The molecule has 9 nitrogen and oxygen atoms in total. The number of aryl methyl sites for hydroxylation is 1. The van der Waals surface area contributed by atoms with Gasteiger partial charge in [-0.2, -0.15) is 4.52 Å². The number of non-ortho nitro benzene ring substituents is 1. The molecule has 0 bridgehead atoms. The topological polar surface area (TPSA) is 100 Å². The Kier molecular flexibility index (Phi) is 6.27. The summed E-state index contributed by atoms with van der Waals surface area (Å²) in [5.74, 6) is 0.775. The molecule has 0 spiro atoms. The van der Waals surface area contributed by atoms with Crippen LogP contribution < -0.4 is 0 Å². The number of hydrogen-bond donors (Lipinski definition) is 1. The lowest BCUT2D eigenvalue weighted by Crippen LogP contribution is -2.47. The first-order chi connectivity index (χ1) is 16.5. The van der Waals surface area contributed by atoms with Gasteiger partial charge < -0.3 is 5.11 Å². The van der Waals surface area contributed by atoms with Crippen LogP contribution in [-0.2, 0) is 13.0 Å². The van der Waals surface area contributed by atoms with E-state index in [1.165, 1.54) is 33.5 Å². The van der Waals surface area contributed by atoms with Crippen LogP contribution in [0.4, 0.5) is 5.69 Å². The highest BCUT2D eigenvalue weighted by atomic mass is 32.1. The lowest BCUT2D eigenvalue weighted by molar-refractivity contribution is -0.384. The highest BCUT2D eigenvalue weighted by Crippen LogP contribution is 2.40. The quantitative estimate of drug-likeness (QED) is 0.318. The number of nitro groups is 1. The van der Waals surface area contributed by atoms with Gasteiger partial charge in [0.25, 0.3) is 5.69 Å². The van der Waals surface area contributed by atoms with Crippen molar-refractivity contribution in [3.05, 3.63) is 86.5 Å². The predicted octanol–water partition coefficient (Wildman–Crippen LogP) is 3.87. The lowest BCUT2D eigenvalue weighted by Gasteiger charge is -2.39. The van der Waals surface area contributed by atoms with Gasteiger partial charge in [-0.1, -0.05) is 60.7 Å². The van der Waals surface area contributed by atoms with Crippen molar-refractivity contribution in [1.82, 2.24) is 24.4 Å². The Morgan fingerprint density at radius 3 is 2.41 bits per heavy atom. The number of hydrogen-bond acceptors (Lipinski definition) is 8. The molecule has 176 valence electrons. The number of benzene rings is 2. The van der Waals surface area contributed by atoms with Crippen molar-refractivity contribution in [2.45, 2.75) is 25.9 Å². The average molecular weight is 479 g/mol. The number of fused-ring (bicyclic) bond motifs is 1. The van der Waals surface area contributed by atoms with Gasteiger partial charge in [0, 0.05) is 51.3 Å². The van der Waals surface area contributed by atoms with Crippen molar-refractivity contribution in [1.29, 1.82) is 0 Å². The molecule has 1 N–H and O–H groups in total. The van der Waals surface area contributed by atoms with E-state index in [1.54, 1.807) is 12.1 Å². The Balaban J connectivity index is 1.43. The monoisotopic (exact) mass is 478 g/mol. The van der Waals surface area contributed by atoms with E-state index in [-0.39, 0.29) is 17.6 Å². The van der Waals surface area contributed by atoms with E-state index < -0.39 is 4.92 Å². The lowest BCUT2D eigenvalue weighted by atomic mass is 10.0. The molecule has 3 heterocycles. The standard InChI is InChI=1S/C24H26N6O3S/c1-2-20-25-24-29(26-20)23(31)22(34-24)21(18-8-10-19(11-9-18)30(32)33)28-14-12-27(13-15-28)16-17-6-4-3-5-7-17/h3-11,21,31H,2,12-16H2,1H3. The fourth-order valence-electron chi connectivity index (χ4n) is 4.45. The minimum absolute atomic E-state index is 0.0506. The van der Waals surface area contributed by atoms with E-state index in [9.17, 15) is 15.2 Å². The maximum absolute atomic E-state index is 11.2. The van der Waals surface area contributed by atoms with Crippen molar-refractivity contribution in [2.24, 2.45) is 0 Å². The zero-order valence-electron chi connectivity index (χ0n) is 18.9. The molecule has 1 atom stereocenters. The number of rotatable bonds is 7. The third-order valence-corrected chi connectivity index (χ3v) is 7.32. The van der Waals surface area contributed by atoms with E-state index in [2.05, 4.69) is 44.1 Å². The highest BCUT2D eigenvalue weighted by molar-refractivity contribution is 7.17. The Bertz CT molecular complexity index is 1280. The maximum Gasteiger partial charge on any atom is 0.269 e. The summed E-state index contributed by atoms with van der Waals surface area (Å²) in [6.07, 6.45) is 0.693. The predicted molar refractivity (Wildman–Crippen MR) is 130 cm³/mol. The normalized spacial score (nSPS) is 16.1. The summed E-state index contributed by atoms with van der Waals surface area (Å²) in [5.41, 5.74) is 2.24. The molecule has 0 radical (unpaired) electrons. The van der Waals surface area contributed by atoms with E-state index in [1.807, 2.05) is 13.0 Å². The van der Waals surface area contributed by atoms with Crippen LogP contribution >= 0.6 is 11.3 Å². The minimum Gasteiger partial charge on any atom is -0.492 e. The Labute approximate surface area is 201 Å². The minimum atomic E-state index is -0.395. The molecule has 0 amide bonds. The molecule has 1 saturated heterocycles. The van der Waals surface area contributed by atoms with Crippen LogP contribution in [0, 0.1) is 10.1 Å². The van der Waals surface area contributed by atoms with Gasteiger partial charge in [0.15, 0.2) is 5.82 Å². The largest absolute Gasteiger partial charge is 0.492 e. The van der Waals surface area contributed by atoms with E-state index in [0.29, 0.717) is 17.2 Å². The fraction of sp³-hybridized carbons (Fsp3) is 0.333. The molecule has 1 fully saturated rings. The number of nitrogens with zero attached hydrogens (tertiary/aromatic N) is 6. The summed E-state index contributed by atoms with van der Waals surface area (Å²) in [6, 6.07) is 16.8. The van der Waals surface area contributed by atoms with Crippen LogP contribution in [0.15, 0.2) is 54.6 Å². The molecule has 1 aliphatic heterocycles. The van der Waals surface area contributed by atoms with Crippen molar-refractivity contribution >= 4 is 22.0 Å². The maximum atomic E-state index is 11.2. The van der Waals surface area contributed by atoms with Gasteiger partial charge in [0.1, 0.15) is 0 Å². The van der Waals surface area contributed by atoms with Crippen LogP contribution in [-0.4, -0.2) is 60.6 Å². The SMILES string of the molecule is CCc1nc2sc(C(c3ccc([N+](=O)[O-])cc3)N3CCN(Cc4ccccc4)CC3)c(O)n2n1. The smallest absolute Gasteiger partial charge is 0.269 e. The molecule has 0 saturated carbocycles. The first-order valence-electron chi connectivity index (χ1n) is 11.4. The summed E-state index contributed by atoms with van der Waals surface area (Å²) < 4.78 is 1.50. The molecule has 0 aliphatic carbocycles. The zero-order chi connectivity index (χ0) is 23.7. The van der Waals surface area contributed by atoms with Crippen molar-refractivity contribution in [2.75, 3.05) is 26.2 Å². The third kappa shape index (κ3) is 4.39. The van der Waals surface area contributed by atoms with E-state index in [0.717, 1.165) is 43.2 Å². The Hall–Kier alpha value is -3.34. The summed E-state index contributed by atoms with van der Waals surface area (Å²) >= 11 is 1.42. The fourth-order valence-corrected chi connectivity index (χ4v) is 5.58. The molecule has 34 heavy (non-hydrogen) atoms. The first-order valence-corrected chi connectivity index (χ1v) is 12.2. The Morgan fingerprint density at radius 2 is 1.79 bits per heavy atom. The second-order valence-electron chi connectivity index (χ2n) is 8.41. The Morgan fingerprint density at radius 1 is 1.09 bits per heavy atom. The summed E-state index contributed by atoms with van der Waals surface area (Å²) in [5, 5.41) is 26.7. The van der Waals surface area contributed by atoms with Gasteiger partial charge in [-0.15, -0.1) is 5.10 Å². The van der Waals surface area contributed by atoms with Crippen LogP contribution in [0.5, 0.6) is 5.88 Å². The van der Waals surface area contributed by atoms with Gasteiger partial charge in [0.05, 0.1) is 15.8 Å². The second-order valence-corrected chi connectivity index (χ2v) is 9.42. The molecule has 1 aliphatic rings. The molecule has 4 aromatic rings. The van der Waals surface area contributed by atoms with Crippen LogP contribution in [0.3, 0.4) is 0 Å². The van der Waals surface area contributed by atoms with Crippen LogP contribution in [0.25, 0.3) is 4.96 Å². The zero-order valence-corrected chi connectivity index (χ0v) is 19.7. The van der Waals surface area contributed by atoms with Crippen molar-refractivity contribution in [3.63, 3.8) is 0 Å². The second kappa shape index (κ2) is 9.49. The summed E-state index contributed by atoms with van der Waals surface area (Å²) in [6.45, 7) is 6.27. The number of aromatic hydroxyl groups is 1. The molecular weight excluding hydrogens is 452 g/mol. The molecule has 10 heteroatoms.